The van der Waals surface area contributed by atoms with Gasteiger partial charge in [0.25, 0.3) is 0 Å². The van der Waals surface area contributed by atoms with Crippen LogP contribution in [-0.2, 0) is 23.8 Å². The zero-order valence-corrected chi connectivity index (χ0v) is 23.0. The molecular weight excluding hydrogens is 535 g/mol. The molecule has 0 N–H and O–H groups in total. The number of anilines is 2. The van der Waals surface area contributed by atoms with Gasteiger partial charge >= 0.3 is 6.18 Å². The summed E-state index contributed by atoms with van der Waals surface area (Å²) < 4.78 is 40.8. The van der Waals surface area contributed by atoms with Crippen molar-refractivity contribution in [2.45, 2.75) is 37.9 Å². The zero-order valence-electron chi connectivity index (χ0n) is 22.3. The Morgan fingerprint density at radius 3 is 2.33 bits per heavy atom. The van der Waals surface area contributed by atoms with Crippen LogP contribution in [0, 0.1) is 11.8 Å². The van der Waals surface area contributed by atoms with Crippen LogP contribution in [-0.4, -0.2) is 49.6 Å². The number of hydrogen-bond donors (Lipinski definition) is 0. The minimum absolute atomic E-state index is 0.0530. The lowest BCUT2D eigenvalue weighted by Crippen LogP contribution is -2.62. The minimum atomic E-state index is -4.42. The standard InChI is InChI=1S/C32H33ClF3N3O/c33-27-8-4-5-9-29(27)38-16-17-39-28-11-10-25(32(34,35)36)19-24(28)20-26(30(39)21-38)31(40)37-14-12-23(13-15-37)18-22-6-2-1-3-7-22/h1-11,19,23,26,30H,12-18,20-21H2. The van der Waals surface area contributed by atoms with E-state index in [0.29, 0.717) is 55.6 Å². The highest BCUT2D eigenvalue weighted by atomic mass is 35.5. The van der Waals surface area contributed by atoms with Crippen molar-refractivity contribution in [1.82, 2.24) is 4.90 Å². The summed E-state index contributed by atoms with van der Waals surface area (Å²) in [6.45, 7) is 3.24. The zero-order chi connectivity index (χ0) is 27.9. The molecule has 4 nitrogen and oxygen atoms in total. The first-order valence-corrected chi connectivity index (χ1v) is 14.4. The van der Waals surface area contributed by atoms with Crippen molar-refractivity contribution in [1.29, 1.82) is 0 Å². The van der Waals surface area contributed by atoms with Crippen LogP contribution < -0.4 is 9.80 Å². The van der Waals surface area contributed by atoms with E-state index in [4.69, 9.17) is 11.6 Å². The summed E-state index contributed by atoms with van der Waals surface area (Å²) in [7, 11) is 0. The summed E-state index contributed by atoms with van der Waals surface area (Å²) in [5.41, 5.74) is 2.99. The molecule has 0 aromatic heterocycles. The molecule has 2 atom stereocenters. The number of piperazine rings is 1. The maximum Gasteiger partial charge on any atom is 0.416 e. The lowest BCUT2D eigenvalue weighted by atomic mass is 9.81. The Morgan fingerprint density at radius 2 is 1.60 bits per heavy atom. The maximum atomic E-state index is 14.1. The van der Waals surface area contributed by atoms with Gasteiger partial charge in [-0.3, -0.25) is 4.79 Å². The smallest absolute Gasteiger partial charge is 0.366 e. The second-order valence-electron chi connectivity index (χ2n) is 11.3. The molecule has 0 bridgehead atoms. The minimum Gasteiger partial charge on any atom is -0.366 e. The van der Waals surface area contributed by atoms with Crippen molar-refractivity contribution in [3.8, 4) is 0 Å². The molecule has 3 aliphatic heterocycles. The molecule has 2 saturated heterocycles. The Morgan fingerprint density at radius 1 is 0.875 bits per heavy atom. The Labute approximate surface area is 238 Å². The Hall–Kier alpha value is -3.19. The van der Waals surface area contributed by atoms with Gasteiger partial charge in [-0.2, -0.15) is 13.2 Å². The largest absolute Gasteiger partial charge is 0.416 e. The molecule has 2 unspecified atom stereocenters. The summed E-state index contributed by atoms with van der Waals surface area (Å²) >= 11 is 6.53. The number of para-hydroxylation sites is 1. The Bertz CT molecular complexity index is 1360. The Balaban J connectivity index is 1.24. The summed E-state index contributed by atoms with van der Waals surface area (Å²) in [4.78, 5) is 20.4. The first kappa shape index (κ1) is 27.0. The average Bonchev–Trinajstić information content (AvgIpc) is 2.96. The van der Waals surface area contributed by atoms with Crippen molar-refractivity contribution in [2.75, 3.05) is 42.5 Å². The number of likely N-dealkylation sites (tertiary alicyclic amines) is 1. The van der Waals surface area contributed by atoms with Crippen molar-refractivity contribution >= 4 is 28.9 Å². The van der Waals surface area contributed by atoms with Gasteiger partial charge in [-0.25, -0.2) is 0 Å². The van der Waals surface area contributed by atoms with E-state index in [1.54, 1.807) is 6.07 Å². The van der Waals surface area contributed by atoms with Crippen molar-refractivity contribution < 1.29 is 18.0 Å². The molecule has 3 heterocycles. The second kappa shape index (κ2) is 11.0. The van der Waals surface area contributed by atoms with E-state index >= 15 is 0 Å². The first-order chi connectivity index (χ1) is 19.3. The molecule has 3 aliphatic rings. The lowest BCUT2D eigenvalue weighted by Gasteiger charge is -2.50. The third-order valence-electron chi connectivity index (χ3n) is 8.84. The third kappa shape index (κ3) is 5.40. The average molecular weight is 568 g/mol. The summed E-state index contributed by atoms with van der Waals surface area (Å²) in [6.07, 6.45) is -1.25. The molecule has 3 aromatic carbocycles. The van der Waals surface area contributed by atoms with Gasteiger partial charge in [-0.15, -0.1) is 0 Å². The summed E-state index contributed by atoms with van der Waals surface area (Å²) in [6, 6.07) is 22.0. The molecule has 0 radical (unpaired) electrons. The fourth-order valence-corrected chi connectivity index (χ4v) is 7.01. The van der Waals surface area contributed by atoms with Crippen LogP contribution in [0.5, 0.6) is 0 Å². The van der Waals surface area contributed by atoms with Gasteiger partial charge in [0.1, 0.15) is 0 Å². The topological polar surface area (TPSA) is 26.8 Å². The van der Waals surface area contributed by atoms with E-state index in [-0.39, 0.29) is 11.9 Å². The quantitative estimate of drug-likeness (QED) is 0.351. The SMILES string of the molecule is O=C(C1Cc2cc(C(F)(F)F)ccc2N2CCN(c3ccccc3Cl)CC12)N1CCC(Cc2ccccc2)CC1. The van der Waals surface area contributed by atoms with Gasteiger partial charge in [-0.1, -0.05) is 54.1 Å². The van der Waals surface area contributed by atoms with Crippen LogP contribution in [0.25, 0.3) is 0 Å². The van der Waals surface area contributed by atoms with Gasteiger partial charge in [0.15, 0.2) is 0 Å². The van der Waals surface area contributed by atoms with Crippen LogP contribution in [0.15, 0.2) is 72.8 Å². The highest BCUT2D eigenvalue weighted by molar-refractivity contribution is 6.33. The summed E-state index contributed by atoms with van der Waals surface area (Å²) in [5, 5.41) is 0.658. The number of alkyl halides is 3. The van der Waals surface area contributed by atoms with Crippen LogP contribution in [0.3, 0.4) is 0 Å². The first-order valence-electron chi connectivity index (χ1n) is 14.1. The molecule has 2 fully saturated rings. The van der Waals surface area contributed by atoms with Gasteiger partial charge in [0, 0.05) is 38.4 Å². The lowest BCUT2D eigenvalue weighted by molar-refractivity contribution is -0.138. The number of carbonyl (C=O) groups is 1. The molecular formula is C32H33ClF3N3O. The number of amides is 1. The number of benzene rings is 3. The van der Waals surface area contributed by atoms with E-state index < -0.39 is 17.7 Å². The number of carbonyl (C=O) groups excluding carboxylic acids is 1. The fourth-order valence-electron chi connectivity index (χ4n) is 6.75. The molecule has 0 aliphatic carbocycles. The van der Waals surface area contributed by atoms with Crippen molar-refractivity contribution in [2.24, 2.45) is 11.8 Å². The Kier molecular flexibility index (Phi) is 7.43. The molecule has 40 heavy (non-hydrogen) atoms. The molecule has 1 amide bonds. The van der Waals surface area contributed by atoms with E-state index in [1.165, 1.54) is 11.6 Å². The number of halogens is 4. The third-order valence-corrected chi connectivity index (χ3v) is 9.16. The van der Waals surface area contributed by atoms with Crippen molar-refractivity contribution in [3.05, 3.63) is 94.5 Å². The van der Waals surface area contributed by atoms with Crippen LogP contribution in [0.4, 0.5) is 24.5 Å². The normalized spacial score (nSPS) is 21.6. The molecule has 0 saturated carbocycles. The second-order valence-corrected chi connectivity index (χ2v) is 11.7. The highest BCUT2D eigenvalue weighted by Gasteiger charge is 2.44. The van der Waals surface area contributed by atoms with Crippen LogP contribution in [0.1, 0.15) is 29.5 Å². The number of piperidine rings is 1. The predicted octanol–water partition coefficient (Wildman–Crippen LogP) is 6.71. The number of rotatable bonds is 4. The van der Waals surface area contributed by atoms with E-state index in [1.807, 2.05) is 35.2 Å². The van der Waals surface area contributed by atoms with Gasteiger partial charge in [0.05, 0.1) is 28.2 Å². The molecule has 210 valence electrons. The summed E-state index contributed by atoms with van der Waals surface area (Å²) in [5.74, 6) is 0.152. The van der Waals surface area contributed by atoms with E-state index in [2.05, 4.69) is 34.1 Å². The van der Waals surface area contributed by atoms with Gasteiger partial charge in [-0.05, 0) is 73.1 Å². The molecule has 0 spiro atoms. The fraction of sp³-hybridized carbons (Fsp3) is 0.406. The molecule has 6 rings (SSSR count). The molecule has 8 heteroatoms. The van der Waals surface area contributed by atoms with Gasteiger partial charge in [0.2, 0.25) is 5.91 Å². The monoisotopic (exact) mass is 567 g/mol. The number of fused-ring (bicyclic) bond motifs is 3. The van der Waals surface area contributed by atoms with Crippen LogP contribution >= 0.6 is 11.6 Å². The van der Waals surface area contributed by atoms with Crippen LogP contribution in [0.2, 0.25) is 5.02 Å². The highest BCUT2D eigenvalue weighted by Crippen LogP contribution is 2.41. The van der Waals surface area contributed by atoms with E-state index in [0.717, 1.165) is 36.7 Å². The predicted molar refractivity (Wildman–Crippen MR) is 153 cm³/mol. The number of hydrogen-bond acceptors (Lipinski definition) is 3. The van der Waals surface area contributed by atoms with Gasteiger partial charge < -0.3 is 14.7 Å². The maximum absolute atomic E-state index is 14.1. The molecule has 3 aromatic rings. The van der Waals surface area contributed by atoms with E-state index in [9.17, 15) is 18.0 Å². The number of nitrogens with zero attached hydrogens (tertiary/aromatic N) is 3. The van der Waals surface area contributed by atoms with Crippen molar-refractivity contribution in [3.63, 3.8) is 0 Å².